The van der Waals surface area contributed by atoms with E-state index >= 15 is 0 Å². The van der Waals surface area contributed by atoms with E-state index in [0.717, 1.165) is 0 Å². The van der Waals surface area contributed by atoms with Gasteiger partial charge in [0.15, 0.2) is 0 Å². The largest absolute Gasteiger partial charge is 0.497 e. The van der Waals surface area contributed by atoms with E-state index in [4.69, 9.17) is 9.47 Å². The third-order valence-corrected chi connectivity index (χ3v) is 3.17. The summed E-state index contributed by atoms with van der Waals surface area (Å²) >= 11 is 0. The van der Waals surface area contributed by atoms with Crippen molar-refractivity contribution in [2.75, 3.05) is 14.2 Å². The first-order valence-corrected chi connectivity index (χ1v) is 6.78. The molecule has 5 nitrogen and oxygen atoms in total. The average molecular weight is 316 g/mol. The lowest BCUT2D eigenvalue weighted by molar-refractivity contribution is 0.0942. The summed E-state index contributed by atoms with van der Waals surface area (Å²) in [7, 11) is 3.09. The number of amides is 1. The maximum absolute atomic E-state index is 12.8. The molecule has 0 unspecified atom stereocenters. The van der Waals surface area contributed by atoms with Crippen LogP contribution in [-0.4, -0.2) is 20.1 Å². The SMILES string of the molecule is C=C(NNC(=O)c1ccc(F)cc1)c1ccc(OC)cc1OC. The number of hydrazine groups is 1. The van der Waals surface area contributed by atoms with Gasteiger partial charge in [0.1, 0.15) is 17.3 Å². The Morgan fingerprint density at radius 2 is 1.74 bits per heavy atom. The van der Waals surface area contributed by atoms with E-state index < -0.39 is 11.7 Å². The Morgan fingerprint density at radius 3 is 2.35 bits per heavy atom. The van der Waals surface area contributed by atoms with E-state index in [1.54, 1.807) is 25.3 Å². The van der Waals surface area contributed by atoms with Gasteiger partial charge in [0.05, 0.1) is 19.9 Å². The molecular formula is C17H17FN2O3. The van der Waals surface area contributed by atoms with Crippen LogP contribution in [0.5, 0.6) is 11.5 Å². The number of carbonyl (C=O) groups is 1. The fourth-order valence-corrected chi connectivity index (χ4v) is 1.92. The van der Waals surface area contributed by atoms with Crippen molar-refractivity contribution >= 4 is 11.6 Å². The van der Waals surface area contributed by atoms with Crippen LogP contribution in [-0.2, 0) is 0 Å². The van der Waals surface area contributed by atoms with Gasteiger partial charge in [0.25, 0.3) is 5.91 Å². The first-order chi connectivity index (χ1) is 11.0. The number of hydrogen-bond acceptors (Lipinski definition) is 4. The minimum absolute atomic E-state index is 0.327. The predicted molar refractivity (Wildman–Crippen MR) is 85.6 cm³/mol. The minimum Gasteiger partial charge on any atom is -0.497 e. The predicted octanol–water partition coefficient (Wildman–Crippen LogP) is 2.75. The summed E-state index contributed by atoms with van der Waals surface area (Å²) in [5.41, 5.74) is 6.66. The smallest absolute Gasteiger partial charge is 0.269 e. The summed E-state index contributed by atoms with van der Waals surface area (Å²) in [6.07, 6.45) is 0. The van der Waals surface area contributed by atoms with E-state index in [9.17, 15) is 9.18 Å². The van der Waals surface area contributed by atoms with E-state index in [1.807, 2.05) is 0 Å². The molecule has 2 aromatic carbocycles. The molecule has 0 aliphatic carbocycles. The lowest BCUT2D eigenvalue weighted by Crippen LogP contribution is -2.35. The quantitative estimate of drug-likeness (QED) is 0.805. The Hall–Kier alpha value is -3.02. The first-order valence-electron chi connectivity index (χ1n) is 6.78. The Kier molecular flexibility index (Phi) is 5.19. The molecule has 23 heavy (non-hydrogen) atoms. The van der Waals surface area contributed by atoms with Gasteiger partial charge < -0.3 is 9.47 Å². The lowest BCUT2D eigenvalue weighted by atomic mass is 10.1. The van der Waals surface area contributed by atoms with E-state index in [2.05, 4.69) is 17.4 Å². The van der Waals surface area contributed by atoms with Crippen molar-refractivity contribution in [1.82, 2.24) is 10.9 Å². The van der Waals surface area contributed by atoms with E-state index in [1.165, 1.54) is 31.4 Å². The molecule has 0 spiro atoms. The highest BCUT2D eigenvalue weighted by Gasteiger charge is 2.10. The average Bonchev–Trinajstić information content (AvgIpc) is 2.59. The van der Waals surface area contributed by atoms with Gasteiger partial charge in [-0.1, -0.05) is 6.58 Å². The van der Waals surface area contributed by atoms with Crippen LogP contribution in [0, 0.1) is 5.82 Å². The number of carbonyl (C=O) groups excluding carboxylic acids is 1. The summed E-state index contributed by atoms with van der Waals surface area (Å²) in [6, 6.07) is 10.5. The highest BCUT2D eigenvalue weighted by molar-refractivity contribution is 5.94. The van der Waals surface area contributed by atoms with Crippen molar-refractivity contribution < 1.29 is 18.7 Å². The molecule has 2 rings (SSSR count). The topological polar surface area (TPSA) is 59.6 Å². The van der Waals surface area contributed by atoms with Gasteiger partial charge >= 0.3 is 0 Å². The number of benzene rings is 2. The fourth-order valence-electron chi connectivity index (χ4n) is 1.92. The summed E-state index contributed by atoms with van der Waals surface area (Å²) in [4.78, 5) is 12.0. The Labute approximate surface area is 133 Å². The molecule has 0 fully saturated rings. The molecule has 6 heteroatoms. The van der Waals surface area contributed by atoms with Gasteiger partial charge in [-0.2, -0.15) is 0 Å². The third-order valence-electron chi connectivity index (χ3n) is 3.17. The zero-order chi connectivity index (χ0) is 16.8. The van der Waals surface area contributed by atoms with Crippen LogP contribution in [0.3, 0.4) is 0 Å². The summed E-state index contributed by atoms with van der Waals surface area (Å²) in [6.45, 7) is 3.86. The lowest BCUT2D eigenvalue weighted by Gasteiger charge is -2.15. The number of nitrogens with one attached hydrogen (secondary N) is 2. The summed E-state index contributed by atoms with van der Waals surface area (Å²) < 4.78 is 23.3. The highest BCUT2D eigenvalue weighted by atomic mass is 19.1. The van der Waals surface area contributed by atoms with Crippen LogP contribution in [0.25, 0.3) is 5.70 Å². The second kappa shape index (κ2) is 7.31. The van der Waals surface area contributed by atoms with Gasteiger partial charge in [-0.05, 0) is 36.4 Å². The molecule has 0 aliphatic heterocycles. The number of ether oxygens (including phenoxy) is 2. The number of methoxy groups -OCH3 is 2. The van der Waals surface area contributed by atoms with Crippen LogP contribution < -0.4 is 20.3 Å². The van der Waals surface area contributed by atoms with Gasteiger partial charge in [-0.25, -0.2) is 4.39 Å². The van der Waals surface area contributed by atoms with Gasteiger partial charge in [0, 0.05) is 17.2 Å². The van der Waals surface area contributed by atoms with Crippen LogP contribution in [0.4, 0.5) is 4.39 Å². The van der Waals surface area contributed by atoms with Gasteiger partial charge in [-0.15, -0.1) is 0 Å². The van der Waals surface area contributed by atoms with Crippen LogP contribution in [0.15, 0.2) is 49.0 Å². The second-order valence-electron chi connectivity index (χ2n) is 4.63. The molecule has 0 heterocycles. The first kappa shape index (κ1) is 16.4. The summed E-state index contributed by atoms with van der Waals surface area (Å²) in [5.74, 6) is 0.396. The van der Waals surface area contributed by atoms with Crippen molar-refractivity contribution in [3.05, 3.63) is 66.0 Å². The van der Waals surface area contributed by atoms with Crippen LogP contribution in [0.2, 0.25) is 0 Å². The molecule has 2 aromatic rings. The molecular weight excluding hydrogens is 299 g/mol. The Balaban J connectivity index is 2.04. The maximum atomic E-state index is 12.8. The molecule has 0 bridgehead atoms. The van der Waals surface area contributed by atoms with Crippen molar-refractivity contribution in [3.63, 3.8) is 0 Å². The molecule has 0 radical (unpaired) electrons. The van der Waals surface area contributed by atoms with Crippen molar-refractivity contribution in [2.45, 2.75) is 0 Å². The Morgan fingerprint density at radius 1 is 1.04 bits per heavy atom. The number of halogens is 1. The fraction of sp³-hybridized carbons (Fsp3) is 0.118. The van der Waals surface area contributed by atoms with Crippen molar-refractivity contribution in [2.24, 2.45) is 0 Å². The van der Waals surface area contributed by atoms with E-state index in [0.29, 0.717) is 28.3 Å². The van der Waals surface area contributed by atoms with Crippen LogP contribution in [0.1, 0.15) is 15.9 Å². The maximum Gasteiger partial charge on any atom is 0.269 e. The standard InChI is InChI=1S/C17H17FN2O3/c1-11(15-9-8-14(22-2)10-16(15)23-3)19-20-17(21)12-4-6-13(18)7-5-12/h4-10,19H,1H2,2-3H3,(H,20,21). The monoisotopic (exact) mass is 316 g/mol. The van der Waals surface area contributed by atoms with Gasteiger partial charge in [0.2, 0.25) is 0 Å². The molecule has 2 N–H and O–H groups in total. The zero-order valence-corrected chi connectivity index (χ0v) is 12.9. The summed E-state index contributed by atoms with van der Waals surface area (Å²) in [5, 5.41) is 0. The molecule has 0 atom stereocenters. The molecule has 0 aliphatic rings. The normalized spacial score (nSPS) is 9.87. The second-order valence-corrected chi connectivity index (χ2v) is 4.63. The number of rotatable bonds is 6. The molecule has 0 saturated heterocycles. The zero-order valence-electron chi connectivity index (χ0n) is 12.9. The third kappa shape index (κ3) is 4.00. The minimum atomic E-state index is -0.404. The highest BCUT2D eigenvalue weighted by Crippen LogP contribution is 2.27. The van der Waals surface area contributed by atoms with Crippen molar-refractivity contribution in [1.29, 1.82) is 0 Å². The van der Waals surface area contributed by atoms with Crippen molar-refractivity contribution in [3.8, 4) is 11.5 Å². The van der Waals surface area contributed by atoms with E-state index in [-0.39, 0.29) is 0 Å². The van der Waals surface area contributed by atoms with Gasteiger partial charge in [-0.3, -0.25) is 15.6 Å². The van der Waals surface area contributed by atoms with Crippen LogP contribution >= 0.6 is 0 Å². The number of hydrogen-bond donors (Lipinski definition) is 2. The molecule has 120 valence electrons. The Bertz CT molecular complexity index is 714. The molecule has 1 amide bonds. The molecule has 0 aromatic heterocycles. The molecule has 0 saturated carbocycles.